The van der Waals surface area contributed by atoms with Gasteiger partial charge in [0.05, 0.1) is 5.69 Å². The predicted octanol–water partition coefficient (Wildman–Crippen LogP) is 0.208. The summed E-state index contributed by atoms with van der Waals surface area (Å²) in [5, 5.41) is 11.2. The van der Waals surface area contributed by atoms with Crippen molar-refractivity contribution in [2.45, 2.75) is 6.92 Å². The number of hydrogen-bond acceptors (Lipinski definition) is 2. The maximum atomic E-state index is 7.22. The fourth-order valence-electron chi connectivity index (χ4n) is 0.631. The van der Waals surface area contributed by atoms with Gasteiger partial charge in [0.1, 0.15) is 5.49 Å². The Labute approximate surface area is 53.5 Å². The highest BCUT2D eigenvalue weighted by molar-refractivity contribution is 4.95. The fraction of sp³-hybridized carbons (Fsp3) is 0.333. The van der Waals surface area contributed by atoms with Crippen LogP contribution in [0.2, 0.25) is 0 Å². The van der Waals surface area contributed by atoms with Crippen LogP contribution in [0.3, 0.4) is 0 Å². The predicted molar refractivity (Wildman–Crippen MR) is 33.8 cm³/mol. The average Bonchev–Trinajstić information content (AvgIpc) is 1.80. The SMILES string of the molecule is Cc1ccc(=N)n(C)n1. The standard InChI is InChI=1S/C6H9N3/c1-5-3-4-6(7)9(2)8-5/h3-4,7H,1-2H3. The van der Waals surface area contributed by atoms with Gasteiger partial charge < -0.3 is 0 Å². The summed E-state index contributed by atoms with van der Waals surface area (Å²) >= 11 is 0. The van der Waals surface area contributed by atoms with Gasteiger partial charge in [0.15, 0.2) is 0 Å². The zero-order valence-corrected chi connectivity index (χ0v) is 5.55. The monoisotopic (exact) mass is 123 g/mol. The Morgan fingerprint density at radius 3 is 2.67 bits per heavy atom. The van der Waals surface area contributed by atoms with Crippen molar-refractivity contribution in [1.82, 2.24) is 9.78 Å². The van der Waals surface area contributed by atoms with E-state index in [1.807, 2.05) is 13.0 Å². The average molecular weight is 123 g/mol. The van der Waals surface area contributed by atoms with Gasteiger partial charge in [-0.15, -0.1) is 0 Å². The molecule has 1 aromatic heterocycles. The van der Waals surface area contributed by atoms with Crippen molar-refractivity contribution >= 4 is 0 Å². The lowest BCUT2D eigenvalue weighted by atomic mass is 10.4. The molecule has 1 N–H and O–H groups in total. The molecule has 0 saturated carbocycles. The van der Waals surface area contributed by atoms with Gasteiger partial charge in [-0.05, 0) is 19.1 Å². The van der Waals surface area contributed by atoms with E-state index >= 15 is 0 Å². The molecule has 0 aliphatic heterocycles. The molecule has 0 aliphatic carbocycles. The summed E-state index contributed by atoms with van der Waals surface area (Å²) in [4.78, 5) is 0. The summed E-state index contributed by atoms with van der Waals surface area (Å²) in [7, 11) is 1.76. The van der Waals surface area contributed by atoms with E-state index in [4.69, 9.17) is 5.41 Å². The van der Waals surface area contributed by atoms with Gasteiger partial charge >= 0.3 is 0 Å². The molecule has 1 heterocycles. The summed E-state index contributed by atoms with van der Waals surface area (Å²) in [6.07, 6.45) is 0. The molecule has 3 heteroatoms. The van der Waals surface area contributed by atoms with Gasteiger partial charge in [-0.1, -0.05) is 0 Å². The highest BCUT2D eigenvalue weighted by atomic mass is 15.3. The Bertz CT molecular complexity index is 261. The van der Waals surface area contributed by atoms with Gasteiger partial charge in [-0.3, -0.25) is 10.1 Å². The third kappa shape index (κ3) is 1.16. The van der Waals surface area contributed by atoms with Crippen molar-refractivity contribution in [3.05, 3.63) is 23.3 Å². The highest BCUT2D eigenvalue weighted by Gasteiger charge is 1.84. The molecular formula is C6H9N3. The van der Waals surface area contributed by atoms with Gasteiger partial charge in [0.25, 0.3) is 0 Å². The van der Waals surface area contributed by atoms with E-state index in [0.29, 0.717) is 5.49 Å². The molecule has 0 spiro atoms. The fourth-order valence-corrected chi connectivity index (χ4v) is 0.631. The van der Waals surface area contributed by atoms with Gasteiger partial charge in [-0.2, -0.15) is 5.10 Å². The normalized spacial score (nSPS) is 9.56. The lowest BCUT2D eigenvalue weighted by Crippen LogP contribution is -2.18. The zero-order valence-electron chi connectivity index (χ0n) is 5.55. The molecule has 48 valence electrons. The smallest absolute Gasteiger partial charge is 0.140 e. The number of aromatic nitrogens is 2. The molecule has 0 aliphatic rings. The first kappa shape index (κ1) is 6.01. The Hall–Kier alpha value is -1.12. The first-order valence-electron chi connectivity index (χ1n) is 2.76. The quantitative estimate of drug-likeness (QED) is 0.526. The summed E-state index contributed by atoms with van der Waals surface area (Å²) in [5.41, 5.74) is 1.37. The van der Waals surface area contributed by atoms with E-state index in [2.05, 4.69) is 5.10 Å². The van der Waals surface area contributed by atoms with Crippen LogP contribution < -0.4 is 5.49 Å². The summed E-state index contributed by atoms with van der Waals surface area (Å²) in [6, 6.07) is 3.55. The van der Waals surface area contributed by atoms with Crippen LogP contribution in [0, 0.1) is 12.3 Å². The molecule has 1 rings (SSSR count). The van der Waals surface area contributed by atoms with Crippen molar-refractivity contribution in [3.63, 3.8) is 0 Å². The molecule has 0 aromatic carbocycles. The third-order valence-corrected chi connectivity index (χ3v) is 1.14. The largest absolute Gasteiger partial charge is 0.283 e. The Morgan fingerprint density at radius 2 is 2.22 bits per heavy atom. The molecular weight excluding hydrogens is 114 g/mol. The molecule has 0 saturated heterocycles. The summed E-state index contributed by atoms with van der Waals surface area (Å²) in [5.74, 6) is 0. The van der Waals surface area contributed by atoms with Crippen molar-refractivity contribution < 1.29 is 0 Å². The van der Waals surface area contributed by atoms with Crippen molar-refractivity contribution in [2.24, 2.45) is 7.05 Å². The molecule has 0 radical (unpaired) electrons. The van der Waals surface area contributed by atoms with Crippen molar-refractivity contribution in [2.75, 3.05) is 0 Å². The number of nitrogens with one attached hydrogen (secondary N) is 1. The second kappa shape index (κ2) is 2.01. The van der Waals surface area contributed by atoms with Crippen LogP contribution in [0.5, 0.6) is 0 Å². The van der Waals surface area contributed by atoms with Gasteiger partial charge in [-0.25, -0.2) is 0 Å². The van der Waals surface area contributed by atoms with Crippen LogP contribution in [-0.2, 0) is 7.05 Å². The lowest BCUT2D eigenvalue weighted by Gasteiger charge is -1.95. The van der Waals surface area contributed by atoms with E-state index in [9.17, 15) is 0 Å². The van der Waals surface area contributed by atoms with Crippen molar-refractivity contribution in [1.29, 1.82) is 5.41 Å². The topological polar surface area (TPSA) is 41.7 Å². The Balaban J connectivity index is 3.34. The van der Waals surface area contributed by atoms with E-state index in [0.717, 1.165) is 5.69 Å². The highest BCUT2D eigenvalue weighted by Crippen LogP contribution is 1.81. The molecule has 0 amide bonds. The Kier molecular flexibility index (Phi) is 1.34. The minimum atomic E-state index is 0.431. The number of rotatable bonds is 0. The van der Waals surface area contributed by atoms with Crippen molar-refractivity contribution in [3.8, 4) is 0 Å². The van der Waals surface area contributed by atoms with Crippen LogP contribution in [0.1, 0.15) is 5.69 Å². The van der Waals surface area contributed by atoms with Crippen LogP contribution >= 0.6 is 0 Å². The van der Waals surface area contributed by atoms with Crippen LogP contribution in [-0.4, -0.2) is 9.78 Å². The number of nitrogens with zero attached hydrogens (tertiary/aromatic N) is 2. The van der Waals surface area contributed by atoms with Crippen LogP contribution in [0.25, 0.3) is 0 Å². The maximum absolute atomic E-state index is 7.22. The maximum Gasteiger partial charge on any atom is 0.140 e. The molecule has 0 atom stereocenters. The van der Waals surface area contributed by atoms with E-state index in [1.54, 1.807) is 13.1 Å². The molecule has 0 bridgehead atoms. The van der Waals surface area contributed by atoms with E-state index in [1.165, 1.54) is 4.68 Å². The first-order chi connectivity index (χ1) is 4.20. The van der Waals surface area contributed by atoms with E-state index < -0.39 is 0 Å². The molecule has 3 nitrogen and oxygen atoms in total. The molecule has 0 fully saturated rings. The molecule has 9 heavy (non-hydrogen) atoms. The second-order valence-corrected chi connectivity index (χ2v) is 1.98. The first-order valence-corrected chi connectivity index (χ1v) is 2.76. The van der Waals surface area contributed by atoms with Crippen LogP contribution in [0.15, 0.2) is 12.1 Å². The molecule has 1 aromatic rings. The van der Waals surface area contributed by atoms with Gasteiger partial charge in [0.2, 0.25) is 0 Å². The Morgan fingerprint density at radius 1 is 1.56 bits per heavy atom. The second-order valence-electron chi connectivity index (χ2n) is 1.98. The number of hydrogen-bond donors (Lipinski definition) is 1. The van der Waals surface area contributed by atoms with Gasteiger partial charge in [0, 0.05) is 7.05 Å². The van der Waals surface area contributed by atoms with Crippen LogP contribution in [0.4, 0.5) is 0 Å². The zero-order chi connectivity index (χ0) is 6.85. The molecule has 0 unspecified atom stereocenters. The summed E-state index contributed by atoms with van der Waals surface area (Å²) < 4.78 is 1.54. The van der Waals surface area contributed by atoms with E-state index in [-0.39, 0.29) is 0 Å². The number of aryl methyl sites for hydroxylation is 2. The minimum Gasteiger partial charge on any atom is -0.283 e. The third-order valence-electron chi connectivity index (χ3n) is 1.14. The minimum absolute atomic E-state index is 0.431. The lowest BCUT2D eigenvalue weighted by molar-refractivity contribution is 0.668. The summed E-state index contributed by atoms with van der Waals surface area (Å²) in [6.45, 7) is 1.90.